The largest absolute Gasteiger partial charge is 0.494 e. The Morgan fingerprint density at radius 3 is 2.35 bits per heavy atom. The van der Waals surface area contributed by atoms with E-state index in [4.69, 9.17) is 10.5 Å². The predicted octanol–water partition coefficient (Wildman–Crippen LogP) is 3.83. The SMILES string of the molecule is CCOc1ccc(C)cc1C(N)C(CC)CC. The molecule has 1 atom stereocenters. The molecule has 0 aromatic heterocycles. The van der Waals surface area contributed by atoms with Crippen LogP contribution in [0.15, 0.2) is 18.2 Å². The molecule has 2 nitrogen and oxygen atoms in total. The van der Waals surface area contributed by atoms with Gasteiger partial charge >= 0.3 is 0 Å². The third-order valence-corrected chi connectivity index (χ3v) is 3.38. The number of hydrogen-bond donors (Lipinski definition) is 1. The summed E-state index contributed by atoms with van der Waals surface area (Å²) in [5.74, 6) is 1.47. The third kappa shape index (κ3) is 3.47. The van der Waals surface area contributed by atoms with E-state index in [0.717, 1.165) is 24.2 Å². The van der Waals surface area contributed by atoms with Crippen LogP contribution in [0.25, 0.3) is 0 Å². The molecule has 0 spiro atoms. The van der Waals surface area contributed by atoms with E-state index in [1.54, 1.807) is 0 Å². The van der Waals surface area contributed by atoms with Crippen molar-refractivity contribution < 1.29 is 4.74 Å². The van der Waals surface area contributed by atoms with Gasteiger partial charge in [0.25, 0.3) is 0 Å². The molecule has 0 fully saturated rings. The van der Waals surface area contributed by atoms with E-state index >= 15 is 0 Å². The van der Waals surface area contributed by atoms with Gasteiger partial charge in [-0.2, -0.15) is 0 Å². The minimum Gasteiger partial charge on any atom is -0.494 e. The molecule has 1 aromatic rings. The summed E-state index contributed by atoms with van der Waals surface area (Å²) in [4.78, 5) is 0. The van der Waals surface area contributed by atoms with Gasteiger partial charge in [-0.15, -0.1) is 0 Å². The lowest BCUT2D eigenvalue weighted by molar-refractivity contribution is 0.323. The van der Waals surface area contributed by atoms with Crippen LogP contribution in [0.3, 0.4) is 0 Å². The fourth-order valence-electron chi connectivity index (χ4n) is 2.27. The Hall–Kier alpha value is -1.02. The van der Waals surface area contributed by atoms with E-state index in [2.05, 4.69) is 32.9 Å². The van der Waals surface area contributed by atoms with Crippen molar-refractivity contribution in [1.82, 2.24) is 0 Å². The molecule has 0 saturated carbocycles. The number of benzene rings is 1. The van der Waals surface area contributed by atoms with Crippen LogP contribution in [0.2, 0.25) is 0 Å². The second kappa shape index (κ2) is 6.65. The van der Waals surface area contributed by atoms with Crippen molar-refractivity contribution in [2.24, 2.45) is 11.7 Å². The second-order valence-electron chi connectivity index (χ2n) is 4.58. The first-order valence-corrected chi connectivity index (χ1v) is 6.62. The molecule has 1 unspecified atom stereocenters. The maximum atomic E-state index is 6.38. The number of aryl methyl sites for hydroxylation is 1. The Balaban J connectivity index is 3.04. The number of ether oxygens (including phenoxy) is 1. The maximum Gasteiger partial charge on any atom is 0.124 e. The van der Waals surface area contributed by atoms with E-state index in [-0.39, 0.29) is 6.04 Å². The Labute approximate surface area is 105 Å². The van der Waals surface area contributed by atoms with Crippen LogP contribution in [0, 0.1) is 12.8 Å². The molecule has 1 aromatic carbocycles. The topological polar surface area (TPSA) is 35.2 Å². The summed E-state index contributed by atoms with van der Waals surface area (Å²) in [5, 5.41) is 0. The number of hydrogen-bond acceptors (Lipinski definition) is 2. The molecule has 0 saturated heterocycles. The van der Waals surface area contributed by atoms with Gasteiger partial charge in [0.05, 0.1) is 6.61 Å². The first-order valence-electron chi connectivity index (χ1n) is 6.62. The van der Waals surface area contributed by atoms with Crippen LogP contribution >= 0.6 is 0 Å². The molecule has 0 radical (unpaired) electrons. The smallest absolute Gasteiger partial charge is 0.124 e. The predicted molar refractivity (Wildman–Crippen MR) is 73.3 cm³/mol. The Morgan fingerprint density at radius 2 is 1.82 bits per heavy atom. The van der Waals surface area contributed by atoms with Crippen LogP contribution < -0.4 is 10.5 Å². The Kier molecular flexibility index (Phi) is 5.49. The van der Waals surface area contributed by atoms with Crippen LogP contribution in [0.1, 0.15) is 50.8 Å². The lowest BCUT2D eigenvalue weighted by Crippen LogP contribution is -2.21. The highest BCUT2D eigenvalue weighted by atomic mass is 16.5. The van der Waals surface area contributed by atoms with E-state index in [0.29, 0.717) is 12.5 Å². The molecule has 0 aliphatic carbocycles. The minimum absolute atomic E-state index is 0.0754. The molecule has 2 N–H and O–H groups in total. The van der Waals surface area contributed by atoms with Crippen LogP contribution in [0.5, 0.6) is 5.75 Å². The van der Waals surface area contributed by atoms with Crippen LogP contribution in [0.4, 0.5) is 0 Å². The summed E-state index contributed by atoms with van der Waals surface area (Å²) in [6.07, 6.45) is 2.22. The van der Waals surface area contributed by atoms with Crippen molar-refractivity contribution >= 4 is 0 Å². The molecular formula is C15H25NO. The molecule has 1 rings (SSSR count). The molecule has 0 aliphatic rings. The zero-order chi connectivity index (χ0) is 12.8. The molecule has 0 bridgehead atoms. The first-order chi connectivity index (χ1) is 8.13. The molecule has 17 heavy (non-hydrogen) atoms. The minimum atomic E-state index is 0.0754. The van der Waals surface area contributed by atoms with Gasteiger partial charge in [-0.25, -0.2) is 0 Å². The molecule has 2 heteroatoms. The quantitative estimate of drug-likeness (QED) is 0.813. The van der Waals surface area contributed by atoms with Crippen LogP contribution in [-0.4, -0.2) is 6.61 Å². The maximum absolute atomic E-state index is 6.38. The van der Waals surface area contributed by atoms with Gasteiger partial charge in [-0.05, 0) is 25.8 Å². The van der Waals surface area contributed by atoms with Crippen molar-refractivity contribution in [2.75, 3.05) is 6.61 Å². The summed E-state index contributed by atoms with van der Waals surface area (Å²) < 4.78 is 5.67. The normalized spacial score (nSPS) is 12.8. The summed E-state index contributed by atoms with van der Waals surface area (Å²) in [5.41, 5.74) is 8.77. The summed E-state index contributed by atoms with van der Waals surface area (Å²) >= 11 is 0. The molecule has 0 aliphatic heterocycles. The van der Waals surface area contributed by atoms with Gasteiger partial charge in [-0.1, -0.05) is 44.4 Å². The van der Waals surface area contributed by atoms with Gasteiger partial charge in [-0.3, -0.25) is 0 Å². The standard InChI is InChI=1S/C15H25NO/c1-5-12(6-2)15(16)13-10-11(4)8-9-14(13)17-7-3/h8-10,12,15H,5-7,16H2,1-4H3. The Bertz CT molecular complexity index is 345. The van der Waals surface area contributed by atoms with Crippen LogP contribution in [-0.2, 0) is 0 Å². The lowest BCUT2D eigenvalue weighted by Gasteiger charge is -2.24. The van der Waals surface area contributed by atoms with Crippen molar-refractivity contribution in [3.63, 3.8) is 0 Å². The molecule has 0 heterocycles. The van der Waals surface area contributed by atoms with E-state index in [1.165, 1.54) is 5.56 Å². The van der Waals surface area contributed by atoms with Gasteiger partial charge in [0, 0.05) is 11.6 Å². The highest BCUT2D eigenvalue weighted by Crippen LogP contribution is 2.32. The zero-order valence-corrected chi connectivity index (χ0v) is 11.5. The monoisotopic (exact) mass is 235 g/mol. The summed E-state index contributed by atoms with van der Waals surface area (Å²) in [7, 11) is 0. The third-order valence-electron chi connectivity index (χ3n) is 3.38. The van der Waals surface area contributed by atoms with E-state index < -0.39 is 0 Å². The lowest BCUT2D eigenvalue weighted by atomic mass is 9.88. The fraction of sp³-hybridized carbons (Fsp3) is 0.600. The second-order valence-corrected chi connectivity index (χ2v) is 4.58. The Morgan fingerprint density at radius 1 is 1.18 bits per heavy atom. The van der Waals surface area contributed by atoms with Crippen molar-refractivity contribution in [1.29, 1.82) is 0 Å². The molecule has 0 amide bonds. The highest BCUT2D eigenvalue weighted by molar-refractivity contribution is 5.39. The first kappa shape index (κ1) is 14.0. The van der Waals surface area contributed by atoms with E-state index in [1.807, 2.05) is 13.0 Å². The summed E-state index contributed by atoms with van der Waals surface area (Å²) in [6, 6.07) is 6.35. The number of nitrogens with two attached hydrogens (primary N) is 1. The molecular weight excluding hydrogens is 210 g/mol. The average Bonchev–Trinajstić information content (AvgIpc) is 2.33. The van der Waals surface area contributed by atoms with Gasteiger partial charge in [0.15, 0.2) is 0 Å². The highest BCUT2D eigenvalue weighted by Gasteiger charge is 2.19. The van der Waals surface area contributed by atoms with Crippen molar-refractivity contribution in [3.05, 3.63) is 29.3 Å². The van der Waals surface area contributed by atoms with Gasteiger partial charge in [0.2, 0.25) is 0 Å². The average molecular weight is 235 g/mol. The molecule has 96 valence electrons. The summed E-state index contributed by atoms with van der Waals surface area (Å²) in [6.45, 7) is 9.19. The van der Waals surface area contributed by atoms with E-state index in [9.17, 15) is 0 Å². The van der Waals surface area contributed by atoms with Crippen molar-refractivity contribution in [3.8, 4) is 5.75 Å². The fourth-order valence-corrected chi connectivity index (χ4v) is 2.27. The van der Waals surface area contributed by atoms with Gasteiger partial charge < -0.3 is 10.5 Å². The van der Waals surface area contributed by atoms with Crippen molar-refractivity contribution in [2.45, 2.75) is 46.6 Å². The number of rotatable bonds is 6. The van der Waals surface area contributed by atoms with Gasteiger partial charge in [0.1, 0.15) is 5.75 Å². The zero-order valence-electron chi connectivity index (χ0n) is 11.5.